The van der Waals surface area contributed by atoms with E-state index in [0.717, 1.165) is 36.0 Å². The third-order valence-electron chi connectivity index (χ3n) is 3.39. The minimum atomic E-state index is 0.678. The molecule has 2 rings (SSSR count). The molecule has 0 unspecified atom stereocenters. The summed E-state index contributed by atoms with van der Waals surface area (Å²) in [5.74, 6) is 0.983. The van der Waals surface area contributed by atoms with E-state index in [2.05, 4.69) is 56.2 Å². The normalized spacial score (nSPS) is 10.9. The maximum atomic E-state index is 5.90. The number of nitrogens with one attached hydrogen (secondary N) is 1. The number of benzene rings is 1. The van der Waals surface area contributed by atoms with Crippen molar-refractivity contribution in [1.82, 2.24) is 10.3 Å². The van der Waals surface area contributed by atoms with Crippen LogP contribution in [0.5, 0.6) is 5.75 Å². The Kier molecular flexibility index (Phi) is 5.76. The van der Waals surface area contributed by atoms with Gasteiger partial charge in [0.05, 0.1) is 17.3 Å². The Balaban J connectivity index is 1.90. The van der Waals surface area contributed by atoms with Gasteiger partial charge in [-0.25, -0.2) is 4.98 Å². The molecule has 0 saturated heterocycles. The van der Waals surface area contributed by atoms with Crippen LogP contribution in [0.2, 0.25) is 0 Å². The highest BCUT2D eigenvalue weighted by molar-refractivity contribution is 7.11. The first-order valence-electron chi connectivity index (χ1n) is 7.46. The minimum Gasteiger partial charge on any atom is -0.493 e. The van der Waals surface area contributed by atoms with Gasteiger partial charge in [0.25, 0.3) is 0 Å². The van der Waals surface area contributed by atoms with Crippen LogP contribution in [0.1, 0.15) is 33.6 Å². The molecule has 1 aromatic carbocycles. The Bertz CT molecular complexity index is 592. The fraction of sp³-hybridized carbons (Fsp3) is 0.471. The summed E-state index contributed by atoms with van der Waals surface area (Å²) in [5, 5.41) is 4.51. The van der Waals surface area contributed by atoms with Gasteiger partial charge in [-0.3, -0.25) is 0 Å². The van der Waals surface area contributed by atoms with Gasteiger partial charge < -0.3 is 10.1 Å². The monoisotopic (exact) mass is 304 g/mol. The Labute approximate surface area is 131 Å². The number of aryl methyl sites for hydroxylation is 3. The van der Waals surface area contributed by atoms with E-state index >= 15 is 0 Å². The summed E-state index contributed by atoms with van der Waals surface area (Å²) in [6, 6.07) is 6.31. The number of nitrogens with zero attached hydrogens (tertiary/aromatic N) is 1. The molecule has 0 bridgehead atoms. The van der Waals surface area contributed by atoms with Crippen LogP contribution in [0.25, 0.3) is 0 Å². The molecule has 0 fully saturated rings. The van der Waals surface area contributed by atoms with Gasteiger partial charge >= 0.3 is 0 Å². The van der Waals surface area contributed by atoms with Crippen molar-refractivity contribution in [3.8, 4) is 5.75 Å². The number of hydrogen-bond donors (Lipinski definition) is 1. The van der Waals surface area contributed by atoms with Crippen LogP contribution in [-0.2, 0) is 13.0 Å². The zero-order chi connectivity index (χ0) is 15.2. The molecule has 0 aliphatic carbocycles. The van der Waals surface area contributed by atoms with E-state index in [0.29, 0.717) is 6.61 Å². The molecule has 0 radical (unpaired) electrons. The van der Waals surface area contributed by atoms with Crippen molar-refractivity contribution in [2.24, 2.45) is 0 Å². The zero-order valence-electron chi connectivity index (χ0n) is 13.3. The average molecular weight is 304 g/mol. The Morgan fingerprint density at radius 2 is 2.05 bits per heavy atom. The van der Waals surface area contributed by atoms with Crippen LogP contribution in [0.3, 0.4) is 0 Å². The maximum absolute atomic E-state index is 5.90. The molecule has 1 aromatic heterocycles. The third kappa shape index (κ3) is 4.55. The lowest BCUT2D eigenvalue weighted by Crippen LogP contribution is -2.11. The molecule has 21 heavy (non-hydrogen) atoms. The topological polar surface area (TPSA) is 34.1 Å². The first-order chi connectivity index (χ1) is 10.1. The minimum absolute atomic E-state index is 0.678. The predicted molar refractivity (Wildman–Crippen MR) is 89.3 cm³/mol. The lowest BCUT2D eigenvalue weighted by atomic mass is 10.1. The van der Waals surface area contributed by atoms with Crippen molar-refractivity contribution in [2.75, 3.05) is 13.2 Å². The highest BCUT2D eigenvalue weighted by Gasteiger charge is 2.07. The van der Waals surface area contributed by atoms with Crippen LogP contribution in [0, 0.1) is 20.8 Å². The highest BCUT2D eigenvalue weighted by atomic mass is 32.1. The van der Waals surface area contributed by atoms with Crippen LogP contribution in [-0.4, -0.2) is 18.1 Å². The maximum Gasteiger partial charge on any atom is 0.122 e. The Morgan fingerprint density at radius 3 is 2.81 bits per heavy atom. The fourth-order valence-electron chi connectivity index (χ4n) is 2.11. The lowest BCUT2D eigenvalue weighted by Gasteiger charge is -2.08. The molecule has 4 heteroatoms. The second kappa shape index (κ2) is 7.57. The first kappa shape index (κ1) is 16.0. The van der Waals surface area contributed by atoms with Crippen molar-refractivity contribution >= 4 is 11.3 Å². The number of hydrogen-bond acceptors (Lipinski definition) is 4. The third-order valence-corrected chi connectivity index (χ3v) is 4.61. The van der Waals surface area contributed by atoms with Gasteiger partial charge in [-0.05, 0) is 44.5 Å². The smallest absolute Gasteiger partial charge is 0.122 e. The number of rotatable bonds is 7. The van der Waals surface area contributed by atoms with E-state index in [1.165, 1.54) is 16.0 Å². The fourth-order valence-corrected chi connectivity index (χ4v) is 3.13. The summed E-state index contributed by atoms with van der Waals surface area (Å²) in [4.78, 5) is 5.97. The van der Waals surface area contributed by atoms with Gasteiger partial charge in [0.2, 0.25) is 0 Å². The molecule has 0 atom stereocenters. The van der Waals surface area contributed by atoms with E-state index in [-0.39, 0.29) is 0 Å². The van der Waals surface area contributed by atoms with Crippen molar-refractivity contribution in [3.05, 3.63) is 44.9 Å². The van der Waals surface area contributed by atoms with Crippen LogP contribution >= 0.6 is 11.3 Å². The second-order valence-corrected chi connectivity index (χ2v) is 6.43. The van der Waals surface area contributed by atoms with Crippen LogP contribution < -0.4 is 10.1 Å². The van der Waals surface area contributed by atoms with E-state index in [4.69, 9.17) is 4.74 Å². The molecule has 1 heterocycles. The van der Waals surface area contributed by atoms with Gasteiger partial charge in [-0.15, -0.1) is 11.3 Å². The second-order valence-electron chi connectivity index (χ2n) is 5.26. The number of ether oxygens (including phenoxy) is 1. The molecule has 0 amide bonds. The summed E-state index contributed by atoms with van der Waals surface area (Å²) >= 11 is 1.79. The molecule has 2 aromatic rings. The molecule has 114 valence electrons. The molecular formula is C17H24N2OS. The molecule has 0 aliphatic heterocycles. The summed E-state index contributed by atoms with van der Waals surface area (Å²) in [6.45, 7) is 11.0. The quantitative estimate of drug-likeness (QED) is 0.845. The molecule has 0 saturated carbocycles. The van der Waals surface area contributed by atoms with Gasteiger partial charge in [-0.1, -0.05) is 19.1 Å². The van der Waals surface area contributed by atoms with Gasteiger partial charge in [0.15, 0.2) is 0 Å². The Hall–Kier alpha value is -1.39. The molecule has 0 spiro atoms. The number of thiazole rings is 1. The molecule has 0 aliphatic rings. The van der Waals surface area contributed by atoms with Crippen molar-refractivity contribution in [1.29, 1.82) is 0 Å². The van der Waals surface area contributed by atoms with E-state index in [1.807, 2.05) is 0 Å². The summed E-state index contributed by atoms with van der Waals surface area (Å²) in [6.07, 6.45) is 0.866. The standard InChI is InChI=1S/C17H24N2OS/c1-5-18-11-16-14(4)19-17(21-16)8-9-20-15-10-12(2)6-7-13(15)3/h6-7,10,18H,5,8-9,11H2,1-4H3. The van der Waals surface area contributed by atoms with Gasteiger partial charge in [-0.2, -0.15) is 0 Å². The van der Waals surface area contributed by atoms with Gasteiger partial charge in [0, 0.05) is 17.8 Å². The molecular weight excluding hydrogens is 280 g/mol. The first-order valence-corrected chi connectivity index (χ1v) is 8.27. The van der Waals surface area contributed by atoms with Crippen molar-refractivity contribution in [2.45, 2.75) is 40.7 Å². The summed E-state index contributed by atoms with van der Waals surface area (Å²) in [5.41, 5.74) is 3.56. The van der Waals surface area contributed by atoms with E-state index < -0.39 is 0 Å². The molecule has 3 nitrogen and oxygen atoms in total. The predicted octanol–water partition coefficient (Wildman–Crippen LogP) is 3.80. The SMILES string of the molecule is CCNCc1sc(CCOc2cc(C)ccc2C)nc1C. The Morgan fingerprint density at radius 1 is 1.24 bits per heavy atom. The zero-order valence-corrected chi connectivity index (χ0v) is 14.1. The van der Waals surface area contributed by atoms with E-state index in [9.17, 15) is 0 Å². The summed E-state index contributed by atoms with van der Waals surface area (Å²) < 4.78 is 5.90. The van der Waals surface area contributed by atoms with Crippen LogP contribution in [0.15, 0.2) is 18.2 Å². The summed E-state index contributed by atoms with van der Waals surface area (Å²) in [7, 11) is 0. The van der Waals surface area contributed by atoms with Crippen molar-refractivity contribution < 1.29 is 4.74 Å². The largest absolute Gasteiger partial charge is 0.493 e. The number of aromatic nitrogens is 1. The van der Waals surface area contributed by atoms with Crippen LogP contribution in [0.4, 0.5) is 0 Å². The average Bonchev–Trinajstić information content (AvgIpc) is 2.80. The van der Waals surface area contributed by atoms with Gasteiger partial charge in [0.1, 0.15) is 5.75 Å². The highest BCUT2D eigenvalue weighted by Crippen LogP contribution is 2.21. The van der Waals surface area contributed by atoms with E-state index in [1.54, 1.807) is 11.3 Å². The van der Waals surface area contributed by atoms with Crippen molar-refractivity contribution in [3.63, 3.8) is 0 Å². The lowest BCUT2D eigenvalue weighted by molar-refractivity contribution is 0.319. The molecule has 1 N–H and O–H groups in total.